The first-order chi connectivity index (χ1) is 7.25. The third-order valence-corrected chi connectivity index (χ3v) is 2.87. The Morgan fingerprint density at radius 3 is 2.73 bits per heavy atom. The fourth-order valence-corrected chi connectivity index (χ4v) is 1.91. The number of carbonyl (C=O) groups excluding carboxylic acids is 1. The molecule has 0 bridgehead atoms. The van der Waals surface area contributed by atoms with Gasteiger partial charge in [0.1, 0.15) is 0 Å². The molecule has 0 aromatic carbocycles. The van der Waals surface area contributed by atoms with E-state index >= 15 is 0 Å². The van der Waals surface area contributed by atoms with Crippen molar-refractivity contribution in [2.24, 2.45) is 0 Å². The highest BCUT2D eigenvalue weighted by Gasteiger charge is 2.18. The van der Waals surface area contributed by atoms with E-state index < -0.39 is 0 Å². The van der Waals surface area contributed by atoms with Crippen LogP contribution in [-0.2, 0) is 0 Å². The Morgan fingerprint density at radius 1 is 1.40 bits per heavy atom. The quantitative estimate of drug-likeness (QED) is 0.737. The molecular weight excluding hydrogens is 309 g/mol. The number of hydrogen-bond donors (Lipinski definition) is 0. The molecule has 0 unspecified atom stereocenters. The van der Waals surface area contributed by atoms with E-state index in [2.05, 4.69) is 27.7 Å². The van der Waals surface area contributed by atoms with Gasteiger partial charge in [0.25, 0.3) is 0 Å². The maximum atomic E-state index is 11.6. The van der Waals surface area contributed by atoms with Gasteiger partial charge in [0, 0.05) is 13.1 Å². The second-order valence-electron chi connectivity index (χ2n) is 3.47. The maximum Gasteiger partial charge on any atom is 0.435 e. The first-order valence-corrected chi connectivity index (χ1v) is 6.01. The van der Waals surface area contributed by atoms with Crippen LogP contribution >= 0.6 is 22.6 Å². The number of halogens is 1. The molecule has 0 radical (unpaired) electrons. The molecule has 0 atom stereocenters. The standard InChI is InChI=1S/C9H12IN3O2/c10-8-6-11-13(7-8)15-9(14)12-4-2-1-3-5-12/h6-7H,1-5H2. The average Bonchev–Trinajstić information content (AvgIpc) is 2.65. The third kappa shape index (κ3) is 2.83. The highest BCUT2D eigenvalue weighted by Crippen LogP contribution is 2.09. The number of aromatic nitrogens is 2. The van der Waals surface area contributed by atoms with Gasteiger partial charge in [-0.3, -0.25) is 4.84 Å². The molecule has 1 aromatic heterocycles. The summed E-state index contributed by atoms with van der Waals surface area (Å²) in [5.41, 5.74) is 0. The fourth-order valence-electron chi connectivity index (χ4n) is 1.55. The van der Waals surface area contributed by atoms with E-state index in [1.807, 2.05) is 0 Å². The summed E-state index contributed by atoms with van der Waals surface area (Å²) < 4.78 is 0.944. The molecule has 15 heavy (non-hydrogen) atoms. The molecule has 0 spiro atoms. The molecule has 2 rings (SSSR count). The molecule has 1 saturated heterocycles. The van der Waals surface area contributed by atoms with Crippen LogP contribution in [0.3, 0.4) is 0 Å². The Bertz CT molecular complexity index is 347. The van der Waals surface area contributed by atoms with E-state index in [1.54, 1.807) is 17.3 Å². The second kappa shape index (κ2) is 4.82. The van der Waals surface area contributed by atoms with Crippen molar-refractivity contribution in [3.63, 3.8) is 0 Å². The van der Waals surface area contributed by atoms with Crippen molar-refractivity contribution < 1.29 is 9.63 Å². The molecular formula is C9H12IN3O2. The molecule has 5 nitrogen and oxygen atoms in total. The fraction of sp³-hybridized carbons (Fsp3) is 0.556. The SMILES string of the molecule is O=C(On1cc(I)cn1)N1CCCCC1. The van der Waals surface area contributed by atoms with Gasteiger partial charge in [-0.25, -0.2) is 4.79 Å². The Labute approximate surface area is 101 Å². The molecule has 0 saturated carbocycles. The van der Waals surface area contributed by atoms with E-state index in [4.69, 9.17) is 4.84 Å². The largest absolute Gasteiger partial charge is 0.435 e. The maximum absolute atomic E-state index is 11.6. The van der Waals surface area contributed by atoms with Crippen LogP contribution in [-0.4, -0.2) is 34.0 Å². The van der Waals surface area contributed by atoms with Crippen LogP contribution in [0, 0.1) is 3.57 Å². The lowest BCUT2D eigenvalue weighted by Crippen LogP contribution is -2.40. The van der Waals surface area contributed by atoms with Gasteiger partial charge in [0.05, 0.1) is 16.0 Å². The van der Waals surface area contributed by atoms with Crippen LogP contribution < -0.4 is 4.84 Å². The topological polar surface area (TPSA) is 47.4 Å². The van der Waals surface area contributed by atoms with Crippen molar-refractivity contribution >= 4 is 28.7 Å². The minimum Gasteiger partial charge on any atom is -0.306 e. The predicted molar refractivity (Wildman–Crippen MR) is 62.3 cm³/mol. The number of nitrogens with zero attached hydrogens (tertiary/aromatic N) is 3. The molecule has 1 aliphatic heterocycles. The smallest absolute Gasteiger partial charge is 0.306 e. The molecule has 1 aliphatic rings. The summed E-state index contributed by atoms with van der Waals surface area (Å²) in [6.45, 7) is 1.58. The number of hydrogen-bond acceptors (Lipinski definition) is 3. The normalized spacial score (nSPS) is 16.5. The molecule has 1 amide bonds. The Hall–Kier alpha value is -0.790. The lowest BCUT2D eigenvalue weighted by molar-refractivity contribution is 0.0730. The molecule has 0 N–H and O–H groups in total. The third-order valence-electron chi connectivity index (χ3n) is 2.31. The van der Waals surface area contributed by atoms with E-state index in [0.29, 0.717) is 0 Å². The summed E-state index contributed by atoms with van der Waals surface area (Å²) in [5, 5.41) is 3.89. The molecule has 1 fully saturated rings. The minimum atomic E-state index is -0.311. The summed E-state index contributed by atoms with van der Waals surface area (Å²) in [7, 11) is 0. The van der Waals surface area contributed by atoms with Gasteiger partial charge in [0.2, 0.25) is 0 Å². The van der Waals surface area contributed by atoms with Crippen molar-refractivity contribution in [3.05, 3.63) is 16.0 Å². The summed E-state index contributed by atoms with van der Waals surface area (Å²) in [6, 6.07) is 0. The lowest BCUT2D eigenvalue weighted by Gasteiger charge is -2.24. The summed E-state index contributed by atoms with van der Waals surface area (Å²) in [5.74, 6) is 0. The zero-order valence-electron chi connectivity index (χ0n) is 8.23. The van der Waals surface area contributed by atoms with E-state index in [-0.39, 0.29) is 6.09 Å². The van der Waals surface area contributed by atoms with E-state index in [1.165, 1.54) is 11.3 Å². The van der Waals surface area contributed by atoms with Gasteiger partial charge in [-0.05, 0) is 41.9 Å². The zero-order chi connectivity index (χ0) is 10.7. The highest BCUT2D eigenvalue weighted by molar-refractivity contribution is 14.1. The van der Waals surface area contributed by atoms with E-state index in [9.17, 15) is 4.79 Å². The molecule has 6 heteroatoms. The first-order valence-electron chi connectivity index (χ1n) is 4.93. The monoisotopic (exact) mass is 321 g/mol. The van der Waals surface area contributed by atoms with Gasteiger partial charge in [-0.2, -0.15) is 0 Å². The minimum absolute atomic E-state index is 0.311. The molecule has 2 heterocycles. The molecule has 82 valence electrons. The predicted octanol–water partition coefficient (Wildman–Crippen LogP) is 1.52. The Balaban J connectivity index is 1.91. The summed E-state index contributed by atoms with van der Waals surface area (Å²) >= 11 is 2.11. The van der Waals surface area contributed by atoms with Crippen molar-refractivity contribution in [2.45, 2.75) is 19.3 Å². The zero-order valence-corrected chi connectivity index (χ0v) is 10.4. The van der Waals surface area contributed by atoms with Crippen molar-refractivity contribution in [3.8, 4) is 0 Å². The number of carbonyl (C=O) groups is 1. The summed E-state index contributed by atoms with van der Waals surface area (Å²) in [4.78, 5) is 19.6. The van der Waals surface area contributed by atoms with Gasteiger partial charge in [0.15, 0.2) is 0 Å². The lowest BCUT2D eigenvalue weighted by atomic mass is 10.1. The highest BCUT2D eigenvalue weighted by atomic mass is 127. The van der Waals surface area contributed by atoms with Gasteiger partial charge in [-0.15, -0.1) is 5.10 Å². The van der Waals surface area contributed by atoms with Crippen LogP contribution in [0.15, 0.2) is 12.4 Å². The van der Waals surface area contributed by atoms with Crippen molar-refractivity contribution in [1.29, 1.82) is 0 Å². The van der Waals surface area contributed by atoms with Gasteiger partial charge >= 0.3 is 6.09 Å². The molecule has 0 aliphatic carbocycles. The number of amides is 1. The summed E-state index contributed by atoms with van der Waals surface area (Å²) in [6.07, 6.45) is 6.32. The van der Waals surface area contributed by atoms with Crippen LogP contribution in [0.4, 0.5) is 4.79 Å². The number of piperidine rings is 1. The Kier molecular flexibility index (Phi) is 3.45. The van der Waals surface area contributed by atoms with Gasteiger partial charge in [-0.1, -0.05) is 4.85 Å². The van der Waals surface area contributed by atoms with Gasteiger partial charge < -0.3 is 4.90 Å². The number of rotatable bonds is 1. The number of likely N-dealkylation sites (tertiary alicyclic amines) is 1. The second-order valence-corrected chi connectivity index (χ2v) is 4.71. The first kappa shape index (κ1) is 10.7. The molecule has 1 aromatic rings. The van der Waals surface area contributed by atoms with Crippen LogP contribution in [0.2, 0.25) is 0 Å². The Morgan fingerprint density at radius 2 is 2.13 bits per heavy atom. The van der Waals surface area contributed by atoms with E-state index in [0.717, 1.165) is 29.5 Å². The van der Waals surface area contributed by atoms with Crippen molar-refractivity contribution in [1.82, 2.24) is 14.8 Å². The van der Waals surface area contributed by atoms with Crippen LogP contribution in [0.5, 0.6) is 0 Å². The van der Waals surface area contributed by atoms with Crippen LogP contribution in [0.25, 0.3) is 0 Å². The van der Waals surface area contributed by atoms with Crippen LogP contribution in [0.1, 0.15) is 19.3 Å². The average molecular weight is 321 g/mol. The van der Waals surface area contributed by atoms with Crippen molar-refractivity contribution in [2.75, 3.05) is 13.1 Å².